The molecule has 5 nitrogen and oxygen atoms in total. The van der Waals surface area contributed by atoms with E-state index in [9.17, 15) is 4.79 Å². The zero-order valence-electron chi connectivity index (χ0n) is 16.0. The minimum absolute atomic E-state index is 0.106. The van der Waals surface area contributed by atoms with Crippen LogP contribution >= 0.6 is 11.6 Å². The third kappa shape index (κ3) is 4.15. The Bertz CT molecular complexity index is 997. The predicted molar refractivity (Wildman–Crippen MR) is 110 cm³/mol. The normalized spacial score (nSPS) is 12.5. The van der Waals surface area contributed by atoms with E-state index in [1.54, 1.807) is 29.9 Å². The minimum Gasteiger partial charge on any atom is -0.497 e. The zero-order valence-corrected chi connectivity index (χ0v) is 16.7. The summed E-state index contributed by atoms with van der Waals surface area (Å²) in [5, 5.41) is 4.56. The number of ether oxygens (including phenoxy) is 1. The summed E-state index contributed by atoms with van der Waals surface area (Å²) < 4.78 is 6.89. The van der Waals surface area contributed by atoms with E-state index in [1.807, 2.05) is 31.2 Å². The monoisotopic (exact) mass is 385 g/mol. The van der Waals surface area contributed by atoms with Crippen LogP contribution in [-0.2, 0) is 0 Å². The lowest BCUT2D eigenvalue weighted by molar-refractivity contribution is 0.414. The number of hydrogen-bond acceptors (Lipinski definition) is 4. The van der Waals surface area contributed by atoms with Gasteiger partial charge in [-0.25, -0.2) is 4.98 Å². The van der Waals surface area contributed by atoms with Crippen LogP contribution in [0.4, 0.5) is 0 Å². The molecule has 0 saturated heterocycles. The number of nitrogens with one attached hydrogen (secondary N) is 1. The first-order chi connectivity index (χ1) is 12.9. The first-order valence-corrected chi connectivity index (χ1v) is 9.38. The molecule has 3 rings (SSSR count). The molecule has 6 heteroatoms. The molecule has 0 aliphatic carbocycles. The van der Waals surface area contributed by atoms with Gasteiger partial charge in [0, 0.05) is 5.02 Å². The second kappa shape index (κ2) is 8.11. The van der Waals surface area contributed by atoms with E-state index in [0.717, 1.165) is 18.0 Å². The minimum atomic E-state index is -0.116. The highest BCUT2D eigenvalue weighted by atomic mass is 35.5. The van der Waals surface area contributed by atoms with E-state index >= 15 is 0 Å². The molecule has 0 bridgehead atoms. The fraction of sp³-hybridized carbons (Fsp3) is 0.333. The van der Waals surface area contributed by atoms with Crippen molar-refractivity contribution in [2.24, 2.45) is 5.92 Å². The summed E-state index contributed by atoms with van der Waals surface area (Å²) in [6.07, 6.45) is 0. The molecule has 0 radical (unpaired) electrons. The molecule has 1 aromatic heterocycles. The first-order valence-electron chi connectivity index (χ1n) is 9.00. The van der Waals surface area contributed by atoms with Crippen LogP contribution in [-0.4, -0.2) is 23.2 Å². The summed E-state index contributed by atoms with van der Waals surface area (Å²) >= 11 is 6.12. The Morgan fingerprint density at radius 1 is 1.15 bits per heavy atom. The summed E-state index contributed by atoms with van der Waals surface area (Å²) in [6, 6.07) is 12.5. The smallest absolute Gasteiger partial charge is 0.266 e. The van der Waals surface area contributed by atoms with Crippen LogP contribution in [0.15, 0.2) is 47.3 Å². The molecule has 0 amide bonds. The third-order valence-corrected chi connectivity index (χ3v) is 4.64. The lowest BCUT2D eigenvalue weighted by atomic mass is 10.1. The Kier molecular flexibility index (Phi) is 5.82. The van der Waals surface area contributed by atoms with Gasteiger partial charge in [-0.15, -0.1) is 0 Å². The summed E-state index contributed by atoms with van der Waals surface area (Å²) in [7, 11) is 1.62. The van der Waals surface area contributed by atoms with Crippen molar-refractivity contribution in [3.63, 3.8) is 0 Å². The predicted octanol–water partition coefficient (Wildman–Crippen LogP) is 4.35. The Balaban J connectivity index is 2.21. The summed E-state index contributed by atoms with van der Waals surface area (Å²) in [5.41, 5.74) is 1.24. The van der Waals surface area contributed by atoms with Crippen molar-refractivity contribution < 1.29 is 4.74 Å². The molecule has 0 unspecified atom stereocenters. The number of hydrogen-bond donors (Lipinski definition) is 1. The standard InChI is InChI=1S/C21H24ClN3O2/c1-13(2)12-23-14(3)20-24-19-11-15(22)5-10-18(19)21(26)25(20)16-6-8-17(27-4)9-7-16/h5-11,13-14,23H,12H2,1-4H3/t14-/m0/s1. The lowest BCUT2D eigenvalue weighted by Crippen LogP contribution is -2.31. The van der Waals surface area contributed by atoms with E-state index < -0.39 is 0 Å². The number of fused-ring (bicyclic) bond motifs is 1. The van der Waals surface area contributed by atoms with Gasteiger partial charge in [-0.1, -0.05) is 25.4 Å². The summed E-state index contributed by atoms with van der Waals surface area (Å²) in [6.45, 7) is 7.13. The van der Waals surface area contributed by atoms with E-state index in [4.69, 9.17) is 21.3 Å². The van der Waals surface area contributed by atoms with Gasteiger partial charge >= 0.3 is 0 Å². The number of rotatable bonds is 6. The molecule has 0 spiro atoms. The highest BCUT2D eigenvalue weighted by Crippen LogP contribution is 2.22. The molecule has 1 heterocycles. The van der Waals surface area contributed by atoms with E-state index in [1.165, 1.54) is 0 Å². The molecule has 0 fully saturated rings. The molecule has 0 aliphatic heterocycles. The Hall–Kier alpha value is -2.37. The maximum atomic E-state index is 13.3. The molecule has 0 saturated carbocycles. The number of benzene rings is 2. The van der Waals surface area contributed by atoms with Gasteiger partial charge in [0.15, 0.2) is 0 Å². The van der Waals surface area contributed by atoms with E-state index in [0.29, 0.717) is 27.7 Å². The zero-order chi connectivity index (χ0) is 19.6. The number of halogens is 1. The SMILES string of the molecule is COc1ccc(-n2c([C@H](C)NCC(C)C)nc3cc(Cl)ccc3c2=O)cc1. The van der Waals surface area contributed by atoms with Crippen molar-refractivity contribution in [2.75, 3.05) is 13.7 Å². The maximum absolute atomic E-state index is 13.3. The van der Waals surface area contributed by atoms with Gasteiger partial charge in [-0.05, 0) is 61.9 Å². The van der Waals surface area contributed by atoms with Gasteiger partial charge in [-0.3, -0.25) is 9.36 Å². The third-order valence-electron chi connectivity index (χ3n) is 4.41. The van der Waals surface area contributed by atoms with Crippen LogP contribution in [0.3, 0.4) is 0 Å². The van der Waals surface area contributed by atoms with Gasteiger partial charge < -0.3 is 10.1 Å². The van der Waals surface area contributed by atoms with E-state index in [-0.39, 0.29) is 11.6 Å². The summed E-state index contributed by atoms with van der Waals surface area (Å²) in [4.78, 5) is 18.1. The highest BCUT2D eigenvalue weighted by Gasteiger charge is 2.18. The Morgan fingerprint density at radius 2 is 1.85 bits per heavy atom. The van der Waals surface area contributed by atoms with Crippen LogP contribution in [0.25, 0.3) is 16.6 Å². The maximum Gasteiger partial charge on any atom is 0.266 e. The molecule has 1 atom stereocenters. The van der Waals surface area contributed by atoms with Crippen LogP contribution in [0.5, 0.6) is 5.75 Å². The van der Waals surface area contributed by atoms with Gasteiger partial charge in [0.05, 0.1) is 29.7 Å². The van der Waals surface area contributed by atoms with Gasteiger partial charge in [0.1, 0.15) is 11.6 Å². The van der Waals surface area contributed by atoms with Crippen LogP contribution in [0, 0.1) is 5.92 Å². The molecule has 1 N–H and O–H groups in total. The van der Waals surface area contributed by atoms with Crippen LogP contribution < -0.4 is 15.6 Å². The molecule has 3 aromatic rings. The summed E-state index contributed by atoms with van der Waals surface area (Å²) in [5.74, 6) is 1.88. The van der Waals surface area contributed by atoms with Crippen molar-refractivity contribution in [3.8, 4) is 11.4 Å². The van der Waals surface area contributed by atoms with E-state index in [2.05, 4.69) is 19.2 Å². The average molecular weight is 386 g/mol. The molecular weight excluding hydrogens is 362 g/mol. The second-order valence-electron chi connectivity index (χ2n) is 6.99. The van der Waals surface area contributed by atoms with Crippen molar-refractivity contribution in [3.05, 3.63) is 63.7 Å². The van der Waals surface area contributed by atoms with Gasteiger partial charge in [0.25, 0.3) is 5.56 Å². The first kappa shape index (κ1) is 19.4. The molecule has 27 heavy (non-hydrogen) atoms. The lowest BCUT2D eigenvalue weighted by Gasteiger charge is -2.20. The fourth-order valence-electron chi connectivity index (χ4n) is 2.95. The fourth-order valence-corrected chi connectivity index (χ4v) is 3.12. The van der Waals surface area contributed by atoms with Crippen molar-refractivity contribution >= 4 is 22.5 Å². The number of aromatic nitrogens is 2. The molecule has 2 aromatic carbocycles. The highest BCUT2D eigenvalue weighted by molar-refractivity contribution is 6.31. The average Bonchev–Trinajstić information content (AvgIpc) is 2.65. The van der Waals surface area contributed by atoms with Crippen molar-refractivity contribution in [1.29, 1.82) is 0 Å². The Labute approximate surface area is 164 Å². The topological polar surface area (TPSA) is 56.1 Å². The van der Waals surface area contributed by atoms with Gasteiger partial charge in [0.2, 0.25) is 0 Å². The Morgan fingerprint density at radius 3 is 2.48 bits per heavy atom. The number of methoxy groups -OCH3 is 1. The molecule has 142 valence electrons. The molecular formula is C21H24ClN3O2. The quantitative estimate of drug-likeness (QED) is 0.685. The molecule has 0 aliphatic rings. The van der Waals surface area contributed by atoms with Crippen LogP contribution in [0.2, 0.25) is 5.02 Å². The largest absolute Gasteiger partial charge is 0.497 e. The number of nitrogens with zero attached hydrogens (tertiary/aromatic N) is 2. The second-order valence-corrected chi connectivity index (χ2v) is 7.43. The van der Waals surface area contributed by atoms with Crippen LogP contribution in [0.1, 0.15) is 32.6 Å². The van der Waals surface area contributed by atoms with Crippen molar-refractivity contribution in [2.45, 2.75) is 26.8 Å². The van der Waals surface area contributed by atoms with Gasteiger partial charge in [-0.2, -0.15) is 0 Å². The van der Waals surface area contributed by atoms with Crippen molar-refractivity contribution in [1.82, 2.24) is 14.9 Å².